The first-order valence-electron chi connectivity index (χ1n) is 7.65. The summed E-state index contributed by atoms with van der Waals surface area (Å²) in [4.78, 5) is 0. The van der Waals surface area contributed by atoms with E-state index in [0.29, 0.717) is 11.5 Å². The number of hydrogen-bond acceptors (Lipinski definition) is 6. The fourth-order valence-electron chi connectivity index (χ4n) is 1.96. The van der Waals surface area contributed by atoms with Crippen LogP contribution in [0.5, 0.6) is 11.5 Å². The molecule has 26 heavy (non-hydrogen) atoms. The summed E-state index contributed by atoms with van der Waals surface area (Å²) in [7, 11) is 3.16. The fraction of sp³-hybridized carbons (Fsp3) is 0.111. The van der Waals surface area contributed by atoms with Gasteiger partial charge in [0, 0.05) is 11.1 Å². The molecule has 0 aliphatic heterocycles. The minimum Gasteiger partial charge on any atom is -0.496 e. The van der Waals surface area contributed by atoms with Crippen LogP contribution in [-0.4, -0.2) is 38.3 Å². The van der Waals surface area contributed by atoms with Crippen molar-refractivity contribution in [1.82, 2.24) is 0 Å². The van der Waals surface area contributed by atoms with Crippen LogP contribution in [0.2, 0.25) is 0 Å². The predicted molar refractivity (Wildman–Crippen MR) is 104 cm³/mol. The van der Waals surface area contributed by atoms with Crippen molar-refractivity contribution in [3.05, 3.63) is 59.7 Å². The standard InChI is InChI=1S/C18H20N6O2/c1-25-15-9-5-3-7-13(15)11-21-23-17(19)18(20)24-22-12-14-8-4-6-10-16(14)26-2/h3-12H,1-2H3,(H2,19,23)(H2,20,24)/b21-11-,22-12+. The van der Waals surface area contributed by atoms with Crippen LogP contribution < -0.4 is 20.9 Å². The van der Waals surface area contributed by atoms with Gasteiger partial charge >= 0.3 is 0 Å². The highest BCUT2D eigenvalue weighted by Gasteiger charge is 2.00. The second-order valence-electron chi connectivity index (χ2n) is 4.94. The molecule has 0 atom stereocenters. The number of nitrogens with two attached hydrogens (primary N) is 2. The Kier molecular flexibility index (Phi) is 6.87. The van der Waals surface area contributed by atoms with Gasteiger partial charge in [0.2, 0.25) is 0 Å². The molecule has 2 rings (SSSR count). The first-order chi connectivity index (χ1) is 12.7. The second-order valence-corrected chi connectivity index (χ2v) is 4.94. The molecule has 0 saturated carbocycles. The SMILES string of the molecule is COc1ccccc1\C=N/N=C(N)/C(N)=N/N=C/c1ccccc1OC. The normalized spacial score (nSPS) is 12.7. The Balaban J connectivity index is 2.07. The molecule has 0 amide bonds. The Labute approximate surface area is 151 Å². The molecular weight excluding hydrogens is 332 g/mol. The van der Waals surface area contributed by atoms with Crippen LogP contribution in [0.1, 0.15) is 11.1 Å². The minimum absolute atomic E-state index is 0.0478. The maximum atomic E-state index is 5.74. The van der Waals surface area contributed by atoms with E-state index < -0.39 is 0 Å². The number of para-hydroxylation sites is 2. The maximum Gasteiger partial charge on any atom is 0.190 e. The number of amidine groups is 2. The lowest BCUT2D eigenvalue weighted by Gasteiger charge is -2.02. The Morgan fingerprint density at radius 2 is 1.12 bits per heavy atom. The van der Waals surface area contributed by atoms with Crippen LogP contribution in [0.15, 0.2) is 68.9 Å². The van der Waals surface area contributed by atoms with Gasteiger partial charge in [0.25, 0.3) is 0 Å². The summed E-state index contributed by atoms with van der Waals surface area (Å²) in [6, 6.07) is 14.7. The largest absolute Gasteiger partial charge is 0.496 e. The van der Waals surface area contributed by atoms with E-state index in [4.69, 9.17) is 20.9 Å². The summed E-state index contributed by atoms with van der Waals surface area (Å²) in [5, 5.41) is 15.4. The Morgan fingerprint density at radius 3 is 1.50 bits per heavy atom. The summed E-state index contributed by atoms with van der Waals surface area (Å²) < 4.78 is 10.4. The molecule has 8 heteroatoms. The van der Waals surface area contributed by atoms with Gasteiger partial charge in [0.05, 0.1) is 26.6 Å². The number of hydrogen-bond donors (Lipinski definition) is 2. The van der Waals surface area contributed by atoms with E-state index in [0.717, 1.165) is 11.1 Å². The quantitative estimate of drug-likeness (QED) is 0.468. The van der Waals surface area contributed by atoms with E-state index >= 15 is 0 Å². The molecule has 4 N–H and O–H groups in total. The molecule has 0 spiro atoms. The summed E-state index contributed by atoms with van der Waals surface area (Å²) in [6.45, 7) is 0. The molecule has 2 aromatic carbocycles. The third kappa shape index (κ3) is 5.17. The van der Waals surface area contributed by atoms with Crippen molar-refractivity contribution in [3.8, 4) is 11.5 Å². The zero-order valence-electron chi connectivity index (χ0n) is 14.5. The van der Waals surface area contributed by atoms with Gasteiger partial charge in [-0.1, -0.05) is 24.3 Å². The third-order valence-corrected chi connectivity index (χ3v) is 3.26. The van der Waals surface area contributed by atoms with Crippen LogP contribution in [0, 0.1) is 0 Å². The van der Waals surface area contributed by atoms with Gasteiger partial charge in [-0.05, 0) is 24.3 Å². The van der Waals surface area contributed by atoms with Crippen LogP contribution in [0.3, 0.4) is 0 Å². The van der Waals surface area contributed by atoms with E-state index in [9.17, 15) is 0 Å². The van der Waals surface area contributed by atoms with Crippen LogP contribution in [0.25, 0.3) is 0 Å². The summed E-state index contributed by atoms with van der Waals surface area (Å²) in [5.74, 6) is 1.25. The first-order valence-corrected chi connectivity index (χ1v) is 7.65. The molecule has 134 valence electrons. The number of nitrogens with zero attached hydrogens (tertiary/aromatic N) is 4. The van der Waals surface area contributed by atoms with Gasteiger partial charge in [0.15, 0.2) is 11.7 Å². The monoisotopic (exact) mass is 352 g/mol. The van der Waals surface area contributed by atoms with Crippen LogP contribution in [0.4, 0.5) is 0 Å². The molecule has 0 fully saturated rings. The van der Waals surface area contributed by atoms with Crippen molar-refractivity contribution in [1.29, 1.82) is 0 Å². The Bertz CT molecular complexity index is 787. The maximum absolute atomic E-state index is 5.74. The number of methoxy groups -OCH3 is 2. The highest BCUT2D eigenvalue weighted by atomic mass is 16.5. The molecule has 0 aliphatic rings. The van der Waals surface area contributed by atoms with Crippen LogP contribution in [-0.2, 0) is 0 Å². The molecule has 0 bridgehead atoms. The van der Waals surface area contributed by atoms with E-state index in [-0.39, 0.29) is 11.7 Å². The van der Waals surface area contributed by atoms with E-state index in [2.05, 4.69) is 20.4 Å². The third-order valence-electron chi connectivity index (χ3n) is 3.26. The van der Waals surface area contributed by atoms with Crippen molar-refractivity contribution in [2.45, 2.75) is 0 Å². The van der Waals surface area contributed by atoms with Gasteiger partial charge < -0.3 is 20.9 Å². The number of benzene rings is 2. The van der Waals surface area contributed by atoms with Crippen molar-refractivity contribution in [2.75, 3.05) is 14.2 Å². The smallest absolute Gasteiger partial charge is 0.190 e. The van der Waals surface area contributed by atoms with Crippen LogP contribution >= 0.6 is 0 Å². The van der Waals surface area contributed by atoms with Gasteiger partial charge in [0.1, 0.15) is 11.5 Å². The van der Waals surface area contributed by atoms with Crippen molar-refractivity contribution in [3.63, 3.8) is 0 Å². The van der Waals surface area contributed by atoms with Gasteiger partial charge in [-0.2, -0.15) is 10.2 Å². The Hall–Kier alpha value is -3.68. The Morgan fingerprint density at radius 1 is 0.731 bits per heavy atom. The average Bonchev–Trinajstić information content (AvgIpc) is 2.68. The summed E-state index contributed by atoms with van der Waals surface area (Å²) >= 11 is 0. The number of ether oxygens (including phenoxy) is 2. The second kappa shape index (κ2) is 9.58. The molecule has 2 aromatic rings. The zero-order valence-corrected chi connectivity index (χ0v) is 14.5. The van der Waals surface area contributed by atoms with Crippen molar-refractivity contribution >= 4 is 24.1 Å². The predicted octanol–water partition coefficient (Wildman–Crippen LogP) is 1.79. The highest BCUT2D eigenvalue weighted by Crippen LogP contribution is 2.15. The van der Waals surface area contributed by atoms with Gasteiger partial charge in [-0.3, -0.25) is 0 Å². The fourth-order valence-corrected chi connectivity index (χ4v) is 1.96. The molecule has 0 heterocycles. The topological polar surface area (TPSA) is 120 Å². The molecule has 0 unspecified atom stereocenters. The van der Waals surface area contributed by atoms with Crippen molar-refractivity contribution < 1.29 is 9.47 Å². The average molecular weight is 352 g/mol. The highest BCUT2D eigenvalue weighted by molar-refractivity contribution is 6.39. The molecule has 8 nitrogen and oxygen atoms in total. The summed E-state index contributed by atoms with van der Waals surface area (Å²) in [5.41, 5.74) is 13.0. The molecule has 0 aliphatic carbocycles. The molecular formula is C18H20N6O2. The lowest BCUT2D eigenvalue weighted by molar-refractivity contribution is 0.414. The number of rotatable bonds is 6. The van der Waals surface area contributed by atoms with Gasteiger partial charge in [-0.15, -0.1) is 10.2 Å². The van der Waals surface area contributed by atoms with Gasteiger partial charge in [-0.25, -0.2) is 0 Å². The van der Waals surface area contributed by atoms with Crippen molar-refractivity contribution in [2.24, 2.45) is 31.9 Å². The minimum atomic E-state index is -0.0478. The zero-order chi connectivity index (χ0) is 18.8. The first kappa shape index (κ1) is 18.7. The molecule has 0 aromatic heterocycles. The lowest BCUT2D eigenvalue weighted by Crippen LogP contribution is -2.30. The van der Waals surface area contributed by atoms with E-state index in [1.54, 1.807) is 14.2 Å². The summed E-state index contributed by atoms with van der Waals surface area (Å²) in [6.07, 6.45) is 3.02. The van der Waals surface area contributed by atoms with E-state index in [1.165, 1.54) is 12.4 Å². The lowest BCUT2D eigenvalue weighted by atomic mass is 10.2. The molecule has 0 radical (unpaired) electrons. The van der Waals surface area contributed by atoms with E-state index in [1.807, 2.05) is 48.5 Å². The molecule has 0 saturated heterocycles.